The molecule has 2 aromatic heterocycles. The van der Waals surface area contributed by atoms with Crippen molar-refractivity contribution in [3.63, 3.8) is 0 Å². The summed E-state index contributed by atoms with van der Waals surface area (Å²) in [6.07, 6.45) is 0.584. The summed E-state index contributed by atoms with van der Waals surface area (Å²) >= 11 is 0. The molecule has 136 valence electrons. The van der Waals surface area contributed by atoms with E-state index in [1.807, 2.05) is 33.0 Å². The number of alkyl halides is 3. The highest BCUT2D eigenvalue weighted by Crippen LogP contribution is 2.36. The van der Waals surface area contributed by atoms with Gasteiger partial charge in [0.2, 0.25) is 0 Å². The van der Waals surface area contributed by atoms with Gasteiger partial charge in [0.25, 0.3) is 0 Å². The van der Waals surface area contributed by atoms with Crippen LogP contribution in [0.2, 0.25) is 0 Å². The second kappa shape index (κ2) is 6.77. The molecule has 2 rings (SSSR count). The quantitative estimate of drug-likeness (QED) is 0.677. The molecule has 0 aliphatic heterocycles. The first-order valence-electron chi connectivity index (χ1n) is 8.39. The SMILES string of the molecule is Cc1ccc(C(C)(C)CCC(C)(C)c2ccc(C(F)(F)F)nc2)cn1. The van der Waals surface area contributed by atoms with Crippen LogP contribution in [0.4, 0.5) is 13.2 Å². The summed E-state index contributed by atoms with van der Waals surface area (Å²) in [5.41, 5.74) is 1.80. The fourth-order valence-electron chi connectivity index (χ4n) is 2.74. The Hall–Kier alpha value is -1.91. The fourth-order valence-corrected chi connectivity index (χ4v) is 2.74. The molecular weight excluding hydrogens is 325 g/mol. The number of rotatable bonds is 5. The van der Waals surface area contributed by atoms with E-state index in [9.17, 15) is 13.2 Å². The zero-order chi connectivity index (χ0) is 18.9. The Morgan fingerprint density at radius 1 is 0.760 bits per heavy atom. The topological polar surface area (TPSA) is 25.8 Å². The zero-order valence-corrected chi connectivity index (χ0v) is 15.4. The van der Waals surface area contributed by atoms with Crippen molar-refractivity contribution in [2.45, 2.75) is 64.5 Å². The summed E-state index contributed by atoms with van der Waals surface area (Å²) in [6, 6.07) is 6.69. The third-order valence-electron chi connectivity index (χ3n) is 4.90. The molecule has 0 saturated heterocycles. The molecule has 0 aromatic carbocycles. The molecule has 0 N–H and O–H groups in total. The first kappa shape index (κ1) is 19.4. The molecule has 2 aromatic rings. The molecule has 0 unspecified atom stereocenters. The van der Waals surface area contributed by atoms with E-state index < -0.39 is 11.9 Å². The van der Waals surface area contributed by atoms with Crippen molar-refractivity contribution in [1.29, 1.82) is 0 Å². The average molecular weight is 350 g/mol. The van der Waals surface area contributed by atoms with E-state index in [0.29, 0.717) is 0 Å². The molecule has 2 nitrogen and oxygen atoms in total. The lowest BCUT2D eigenvalue weighted by Gasteiger charge is -2.32. The first-order chi connectivity index (χ1) is 11.4. The molecule has 0 fully saturated rings. The third-order valence-corrected chi connectivity index (χ3v) is 4.90. The zero-order valence-electron chi connectivity index (χ0n) is 15.4. The van der Waals surface area contributed by atoms with Crippen molar-refractivity contribution in [1.82, 2.24) is 9.97 Å². The number of halogens is 3. The Kier molecular flexibility index (Phi) is 5.26. The Bertz CT molecular complexity index is 699. The van der Waals surface area contributed by atoms with E-state index in [-0.39, 0.29) is 10.8 Å². The molecule has 0 radical (unpaired) electrons. The Morgan fingerprint density at radius 2 is 1.24 bits per heavy atom. The summed E-state index contributed by atoms with van der Waals surface area (Å²) in [6.45, 7) is 10.4. The molecule has 0 amide bonds. The van der Waals surface area contributed by atoms with Crippen LogP contribution in [0.5, 0.6) is 0 Å². The number of hydrogen-bond donors (Lipinski definition) is 0. The summed E-state index contributed by atoms with van der Waals surface area (Å²) < 4.78 is 38.0. The van der Waals surface area contributed by atoms with E-state index in [1.54, 1.807) is 0 Å². The van der Waals surface area contributed by atoms with Gasteiger partial charge in [0.15, 0.2) is 0 Å². The Morgan fingerprint density at radius 3 is 1.60 bits per heavy atom. The number of hydrogen-bond acceptors (Lipinski definition) is 2. The van der Waals surface area contributed by atoms with Gasteiger partial charge in [-0.25, -0.2) is 0 Å². The molecule has 0 bridgehead atoms. The van der Waals surface area contributed by atoms with Gasteiger partial charge >= 0.3 is 6.18 Å². The van der Waals surface area contributed by atoms with E-state index >= 15 is 0 Å². The number of aryl methyl sites for hydroxylation is 1. The van der Waals surface area contributed by atoms with Gasteiger partial charge in [0, 0.05) is 18.1 Å². The maximum Gasteiger partial charge on any atom is 0.433 e. The molecule has 5 heteroatoms. The number of aromatic nitrogens is 2. The lowest BCUT2D eigenvalue weighted by Crippen LogP contribution is -2.25. The van der Waals surface area contributed by atoms with E-state index in [1.165, 1.54) is 17.8 Å². The van der Waals surface area contributed by atoms with Crippen molar-refractivity contribution in [2.75, 3.05) is 0 Å². The van der Waals surface area contributed by atoms with Crippen LogP contribution < -0.4 is 0 Å². The third kappa shape index (κ3) is 4.80. The van der Waals surface area contributed by atoms with Gasteiger partial charge in [-0.05, 0) is 53.9 Å². The van der Waals surface area contributed by atoms with Crippen LogP contribution in [0.15, 0.2) is 36.7 Å². The normalized spacial score (nSPS) is 13.1. The highest BCUT2D eigenvalue weighted by molar-refractivity contribution is 5.25. The Labute approximate surface area is 147 Å². The summed E-state index contributed by atoms with van der Waals surface area (Å²) in [5.74, 6) is 0. The van der Waals surface area contributed by atoms with Gasteiger partial charge in [-0.1, -0.05) is 39.8 Å². The van der Waals surface area contributed by atoms with Crippen LogP contribution in [-0.4, -0.2) is 9.97 Å². The molecule has 25 heavy (non-hydrogen) atoms. The maximum atomic E-state index is 12.7. The molecule has 0 spiro atoms. The second-order valence-electron chi connectivity index (χ2n) is 7.89. The first-order valence-corrected chi connectivity index (χ1v) is 8.39. The lowest BCUT2D eigenvalue weighted by atomic mass is 9.73. The van der Waals surface area contributed by atoms with E-state index in [0.717, 1.165) is 30.2 Å². The highest BCUT2D eigenvalue weighted by Gasteiger charge is 2.33. The van der Waals surface area contributed by atoms with Crippen molar-refractivity contribution < 1.29 is 13.2 Å². The molecule has 0 saturated carbocycles. The maximum absolute atomic E-state index is 12.7. The smallest absolute Gasteiger partial charge is 0.261 e. The van der Waals surface area contributed by atoms with Crippen molar-refractivity contribution >= 4 is 0 Å². The van der Waals surface area contributed by atoms with Crippen molar-refractivity contribution in [3.05, 3.63) is 59.2 Å². The molecule has 0 atom stereocenters. The van der Waals surface area contributed by atoms with Crippen LogP contribution in [0.3, 0.4) is 0 Å². The van der Waals surface area contributed by atoms with Crippen LogP contribution in [-0.2, 0) is 17.0 Å². The Balaban J connectivity index is 2.11. The van der Waals surface area contributed by atoms with Crippen LogP contribution in [0.25, 0.3) is 0 Å². The second-order valence-corrected chi connectivity index (χ2v) is 7.89. The van der Waals surface area contributed by atoms with Gasteiger partial charge in [0.05, 0.1) is 0 Å². The van der Waals surface area contributed by atoms with Gasteiger partial charge in [0.1, 0.15) is 5.69 Å². The van der Waals surface area contributed by atoms with E-state index in [2.05, 4.69) is 29.9 Å². The van der Waals surface area contributed by atoms with Crippen molar-refractivity contribution in [2.24, 2.45) is 0 Å². The highest BCUT2D eigenvalue weighted by atomic mass is 19.4. The van der Waals surface area contributed by atoms with Gasteiger partial charge in [-0.15, -0.1) is 0 Å². The summed E-state index contributed by atoms with van der Waals surface area (Å²) in [5, 5.41) is 0. The monoisotopic (exact) mass is 350 g/mol. The number of nitrogens with zero attached hydrogens (tertiary/aromatic N) is 2. The summed E-state index contributed by atoms with van der Waals surface area (Å²) in [4.78, 5) is 7.96. The van der Waals surface area contributed by atoms with Crippen molar-refractivity contribution in [3.8, 4) is 0 Å². The van der Waals surface area contributed by atoms with E-state index in [4.69, 9.17) is 0 Å². The van der Waals surface area contributed by atoms with Gasteiger partial charge in [-0.3, -0.25) is 9.97 Å². The minimum atomic E-state index is -4.40. The lowest BCUT2D eigenvalue weighted by molar-refractivity contribution is -0.141. The number of pyridine rings is 2. The minimum absolute atomic E-state index is 0.0582. The largest absolute Gasteiger partial charge is 0.433 e. The average Bonchev–Trinajstić information content (AvgIpc) is 2.53. The van der Waals surface area contributed by atoms with Crippen LogP contribution in [0, 0.1) is 6.92 Å². The predicted molar refractivity (Wildman–Crippen MR) is 93.5 cm³/mol. The molecule has 2 heterocycles. The van der Waals surface area contributed by atoms with Crippen LogP contribution >= 0.6 is 0 Å². The summed E-state index contributed by atoms with van der Waals surface area (Å²) in [7, 11) is 0. The molecule has 0 aliphatic carbocycles. The van der Waals surface area contributed by atoms with Gasteiger partial charge in [-0.2, -0.15) is 13.2 Å². The minimum Gasteiger partial charge on any atom is -0.261 e. The molecule has 0 aliphatic rings. The fraction of sp³-hybridized carbons (Fsp3) is 0.500. The standard InChI is InChI=1S/C20H25F3N2/c1-14-6-7-15(12-24-14)18(2,3)10-11-19(4,5)16-8-9-17(25-13-16)20(21,22)23/h6-9,12-13H,10-11H2,1-5H3. The van der Waals surface area contributed by atoms with Gasteiger partial charge < -0.3 is 0 Å². The predicted octanol–water partition coefficient (Wildman–Crippen LogP) is 5.84. The van der Waals surface area contributed by atoms with Crippen LogP contribution in [0.1, 0.15) is 63.1 Å². The molecular formula is C20H25F3N2.